The first-order valence-electron chi connectivity index (χ1n) is 6.93. The number of nitrogens with zero attached hydrogens (tertiary/aromatic N) is 1. The van der Waals surface area contributed by atoms with Gasteiger partial charge in [0.1, 0.15) is 0 Å². The molecule has 2 heterocycles. The number of thioether (sulfide) groups is 1. The van der Waals surface area contributed by atoms with E-state index in [0.717, 1.165) is 16.6 Å². The van der Waals surface area contributed by atoms with E-state index in [9.17, 15) is 9.90 Å². The van der Waals surface area contributed by atoms with Crippen LogP contribution in [0.5, 0.6) is 0 Å². The number of carbonyl (C=O) groups is 1. The van der Waals surface area contributed by atoms with E-state index in [2.05, 4.69) is 34.7 Å². The van der Waals surface area contributed by atoms with Crippen LogP contribution in [0, 0.1) is 0 Å². The van der Waals surface area contributed by atoms with Gasteiger partial charge in [0.25, 0.3) is 0 Å². The topological polar surface area (TPSA) is 40.5 Å². The number of anilines is 1. The van der Waals surface area contributed by atoms with Gasteiger partial charge in [0, 0.05) is 28.2 Å². The molecule has 20 heavy (non-hydrogen) atoms. The van der Waals surface area contributed by atoms with Gasteiger partial charge in [-0.15, -0.1) is 0 Å². The summed E-state index contributed by atoms with van der Waals surface area (Å²) in [5.74, 6) is 1.93. The van der Waals surface area contributed by atoms with Crippen LogP contribution in [0.3, 0.4) is 0 Å². The van der Waals surface area contributed by atoms with Crippen LogP contribution in [0.2, 0.25) is 0 Å². The lowest BCUT2D eigenvalue weighted by Gasteiger charge is -2.36. The van der Waals surface area contributed by atoms with Crippen LogP contribution in [-0.4, -0.2) is 34.7 Å². The zero-order valence-electron chi connectivity index (χ0n) is 11.6. The summed E-state index contributed by atoms with van der Waals surface area (Å²) >= 11 is 5.60. The van der Waals surface area contributed by atoms with Crippen LogP contribution in [0.1, 0.15) is 42.1 Å². The second-order valence-corrected chi connectivity index (χ2v) is 7.74. The number of carboxylic acid groups (broad SMARTS) is 1. The molecular weight excluding hydrogens is 338 g/mol. The maximum Gasteiger partial charge on any atom is 0.335 e. The minimum Gasteiger partial charge on any atom is -0.478 e. The molecule has 0 aliphatic carbocycles. The summed E-state index contributed by atoms with van der Waals surface area (Å²) in [6, 6.07) is 4.55. The molecule has 1 fully saturated rings. The Morgan fingerprint density at radius 3 is 2.90 bits per heavy atom. The van der Waals surface area contributed by atoms with Gasteiger partial charge in [-0.25, -0.2) is 4.79 Å². The Balaban J connectivity index is 2.16. The van der Waals surface area contributed by atoms with E-state index in [1.54, 1.807) is 6.07 Å². The minimum atomic E-state index is -0.849. The van der Waals surface area contributed by atoms with Crippen LogP contribution < -0.4 is 4.90 Å². The van der Waals surface area contributed by atoms with Crippen molar-refractivity contribution in [1.82, 2.24) is 0 Å². The van der Waals surface area contributed by atoms with Crippen molar-refractivity contribution in [3.63, 3.8) is 0 Å². The van der Waals surface area contributed by atoms with E-state index in [-0.39, 0.29) is 0 Å². The van der Waals surface area contributed by atoms with E-state index in [4.69, 9.17) is 0 Å². The molecule has 0 aromatic heterocycles. The normalized spacial score (nSPS) is 24.7. The molecule has 1 saturated heterocycles. The molecule has 108 valence electrons. The van der Waals surface area contributed by atoms with E-state index in [0.29, 0.717) is 23.6 Å². The number of aromatic carboxylic acids is 1. The number of carboxylic acids is 1. The molecule has 1 aromatic rings. The van der Waals surface area contributed by atoms with Crippen molar-refractivity contribution in [3.05, 3.63) is 27.7 Å². The van der Waals surface area contributed by atoms with Crippen molar-refractivity contribution in [1.29, 1.82) is 0 Å². The van der Waals surface area contributed by atoms with Crippen molar-refractivity contribution < 1.29 is 9.90 Å². The quantitative estimate of drug-likeness (QED) is 0.871. The minimum absolute atomic E-state index is 0.387. The lowest BCUT2D eigenvalue weighted by atomic mass is 9.92. The van der Waals surface area contributed by atoms with Gasteiger partial charge in [-0.1, -0.05) is 0 Å². The monoisotopic (exact) mass is 355 g/mol. The van der Waals surface area contributed by atoms with Crippen molar-refractivity contribution in [2.75, 3.05) is 16.4 Å². The summed E-state index contributed by atoms with van der Waals surface area (Å²) in [6.45, 7) is 4.42. The maximum atomic E-state index is 11.3. The molecule has 2 aliphatic heterocycles. The second-order valence-electron chi connectivity index (χ2n) is 5.74. The highest BCUT2D eigenvalue weighted by atomic mass is 79.9. The molecule has 5 heteroatoms. The zero-order chi connectivity index (χ0) is 14.4. The summed E-state index contributed by atoms with van der Waals surface area (Å²) in [7, 11) is 0. The molecule has 1 aromatic carbocycles. The fourth-order valence-electron chi connectivity index (χ4n) is 3.47. The van der Waals surface area contributed by atoms with Gasteiger partial charge in [0.2, 0.25) is 0 Å². The van der Waals surface area contributed by atoms with Crippen molar-refractivity contribution in [2.45, 2.75) is 38.3 Å². The first kappa shape index (κ1) is 14.3. The maximum absolute atomic E-state index is 11.3. The summed E-state index contributed by atoms with van der Waals surface area (Å²) in [5.41, 5.74) is 2.82. The predicted molar refractivity (Wildman–Crippen MR) is 87.2 cm³/mol. The molecule has 0 bridgehead atoms. The number of hydrogen-bond donors (Lipinski definition) is 1. The molecule has 1 N–H and O–H groups in total. The average molecular weight is 356 g/mol. The Hall–Kier alpha value is -0.680. The SMILES string of the molecule is CC(C)N1c2c(Br)cc(C(=O)O)cc2C2CCSCC21. The van der Waals surface area contributed by atoms with Crippen molar-refractivity contribution in [3.8, 4) is 0 Å². The Bertz CT molecular complexity index is 561. The van der Waals surface area contributed by atoms with Gasteiger partial charge in [0.05, 0.1) is 11.3 Å². The van der Waals surface area contributed by atoms with E-state index in [1.807, 2.05) is 17.8 Å². The Morgan fingerprint density at radius 1 is 1.50 bits per heavy atom. The number of benzene rings is 1. The average Bonchev–Trinajstić information content (AvgIpc) is 2.74. The highest BCUT2D eigenvalue weighted by Gasteiger charge is 2.42. The Morgan fingerprint density at radius 2 is 2.25 bits per heavy atom. The lowest BCUT2D eigenvalue weighted by molar-refractivity contribution is 0.0696. The fraction of sp³-hybridized carbons (Fsp3) is 0.533. The summed E-state index contributed by atoms with van der Waals surface area (Å²) in [4.78, 5) is 13.8. The van der Waals surface area contributed by atoms with Gasteiger partial charge >= 0.3 is 5.97 Å². The first-order chi connectivity index (χ1) is 9.50. The number of hydrogen-bond acceptors (Lipinski definition) is 3. The summed E-state index contributed by atoms with van der Waals surface area (Å²) in [6.07, 6.45) is 1.14. The summed E-state index contributed by atoms with van der Waals surface area (Å²) < 4.78 is 0.917. The Kier molecular flexibility index (Phi) is 3.75. The first-order valence-corrected chi connectivity index (χ1v) is 8.88. The molecule has 0 amide bonds. The van der Waals surface area contributed by atoms with Crippen LogP contribution in [0.4, 0.5) is 5.69 Å². The van der Waals surface area contributed by atoms with Gasteiger partial charge in [-0.2, -0.15) is 11.8 Å². The third-order valence-corrected chi connectivity index (χ3v) is 5.94. The highest BCUT2D eigenvalue weighted by molar-refractivity contribution is 9.10. The highest BCUT2D eigenvalue weighted by Crippen LogP contribution is 2.50. The third kappa shape index (κ3) is 2.15. The molecule has 3 rings (SSSR count). The van der Waals surface area contributed by atoms with Crippen LogP contribution in [0.25, 0.3) is 0 Å². The van der Waals surface area contributed by atoms with Gasteiger partial charge in [-0.3, -0.25) is 0 Å². The number of halogens is 1. The van der Waals surface area contributed by atoms with Crippen LogP contribution in [0.15, 0.2) is 16.6 Å². The number of fused-ring (bicyclic) bond motifs is 3. The Labute approximate surface area is 131 Å². The lowest BCUT2D eigenvalue weighted by Crippen LogP contribution is -2.42. The summed E-state index contributed by atoms with van der Waals surface area (Å²) in [5, 5.41) is 9.27. The fourth-order valence-corrected chi connectivity index (χ4v) is 5.37. The smallest absolute Gasteiger partial charge is 0.335 e. The second kappa shape index (κ2) is 5.26. The zero-order valence-corrected chi connectivity index (χ0v) is 14.0. The largest absolute Gasteiger partial charge is 0.478 e. The molecular formula is C15H18BrNO2S. The number of rotatable bonds is 2. The van der Waals surface area contributed by atoms with Crippen LogP contribution >= 0.6 is 27.7 Å². The van der Waals surface area contributed by atoms with Crippen molar-refractivity contribution in [2.24, 2.45) is 0 Å². The molecule has 2 atom stereocenters. The van der Waals surface area contributed by atoms with E-state index in [1.165, 1.54) is 17.0 Å². The predicted octanol–water partition coefficient (Wildman–Crippen LogP) is 3.96. The van der Waals surface area contributed by atoms with Crippen molar-refractivity contribution >= 4 is 39.3 Å². The molecule has 0 radical (unpaired) electrons. The van der Waals surface area contributed by atoms with Gasteiger partial charge < -0.3 is 10.0 Å². The van der Waals surface area contributed by atoms with Crippen LogP contribution in [-0.2, 0) is 0 Å². The molecule has 3 nitrogen and oxygen atoms in total. The molecule has 0 saturated carbocycles. The molecule has 2 aliphatic rings. The molecule has 2 unspecified atom stereocenters. The van der Waals surface area contributed by atoms with E-state index >= 15 is 0 Å². The van der Waals surface area contributed by atoms with Gasteiger partial charge in [-0.05, 0) is 59.6 Å². The third-order valence-electron chi connectivity index (χ3n) is 4.24. The molecule has 0 spiro atoms. The van der Waals surface area contributed by atoms with E-state index < -0.39 is 5.97 Å². The van der Waals surface area contributed by atoms with Gasteiger partial charge in [0.15, 0.2) is 0 Å². The standard InChI is InChI=1S/C15H18BrNO2S/c1-8(2)17-13-7-20-4-3-10(13)11-5-9(15(18)19)6-12(16)14(11)17/h5-6,8,10,13H,3-4,7H2,1-2H3,(H,18,19).